The molecule has 0 bridgehead atoms. The Labute approximate surface area is 135 Å². The molecular weight excluding hydrogens is 318 g/mol. The molecular formula is C15H13N3O4S. The van der Waals surface area contributed by atoms with Gasteiger partial charge in [-0.3, -0.25) is 10.1 Å². The number of aromatic nitrogens is 2. The van der Waals surface area contributed by atoms with Crippen LogP contribution in [0, 0.1) is 0 Å². The van der Waals surface area contributed by atoms with E-state index >= 15 is 0 Å². The van der Waals surface area contributed by atoms with Crippen molar-refractivity contribution >= 4 is 28.3 Å². The summed E-state index contributed by atoms with van der Waals surface area (Å²) in [6.07, 6.45) is 3.10. The van der Waals surface area contributed by atoms with Crippen LogP contribution in [0.15, 0.2) is 40.5 Å². The highest BCUT2D eigenvalue weighted by atomic mass is 32.1. The molecule has 3 rings (SSSR count). The van der Waals surface area contributed by atoms with Crippen LogP contribution in [0.2, 0.25) is 0 Å². The van der Waals surface area contributed by atoms with Gasteiger partial charge in [0.1, 0.15) is 6.26 Å². The van der Waals surface area contributed by atoms with Crippen LogP contribution < -0.4 is 5.32 Å². The van der Waals surface area contributed by atoms with Gasteiger partial charge in [0.05, 0.1) is 24.1 Å². The first-order valence-electron chi connectivity index (χ1n) is 6.64. The minimum absolute atomic E-state index is 0.0148. The molecule has 3 heterocycles. The van der Waals surface area contributed by atoms with Gasteiger partial charge in [-0.25, -0.2) is 9.78 Å². The zero-order valence-corrected chi connectivity index (χ0v) is 13.2. The number of anilines is 1. The van der Waals surface area contributed by atoms with Gasteiger partial charge in [-0.15, -0.1) is 11.3 Å². The number of carbonyl (C=O) groups excluding carboxylic acids is 2. The van der Waals surface area contributed by atoms with Crippen molar-refractivity contribution in [3.8, 4) is 11.4 Å². The maximum Gasteiger partial charge on any atom is 0.341 e. The molecule has 8 heteroatoms. The molecule has 0 unspecified atom stereocenters. The number of hydrogen-bond acceptors (Lipinski definition) is 6. The Balaban J connectivity index is 1.73. The van der Waals surface area contributed by atoms with Gasteiger partial charge >= 0.3 is 5.97 Å². The lowest BCUT2D eigenvalue weighted by atomic mass is 10.3. The van der Waals surface area contributed by atoms with Crippen LogP contribution in [0.4, 0.5) is 5.13 Å². The smallest absolute Gasteiger partial charge is 0.341 e. The second-order valence-electron chi connectivity index (χ2n) is 4.69. The summed E-state index contributed by atoms with van der Waals surface area (Å²) in [5.41, 5.74) is 1.90. The molecule has 0 radical (unpaired) electrons. The Morgan fingerprint density at radius 2 is 2.26 bits per heavy atom. The van der Waals surface area contributed by atoms with E-state index in [0.29, 0.717) is 5.13 Å². The molecule has 118 valence electrons. The number of rotatable bonds is 4. The number of methoxy groups -OCH3 is 1. The second kappa shape index (κ2) is 6.09. The Kier molecular flexibility index (Phi) is 3.98. The Morgan fingerprint density at radius 1 is 1.43 bits per heavy atom. The molecule has 0 spiro atoms. The van der Waals surface area contributed by atoms with Crippen LogP contribution in [0.1, 0.15) is 20.9 Å². The summed E-state index contributed by atoms with van der Waals surface area (Å²) in [5, 5.41) is 4.94. The van der Waals surface area contributed by atoms with E-state index in [9.17, 15) is 9.59 Å². The SMILES string of the molecule is COC(=O)c1coc(C(=O)Nc2nc(-c3cccn3C)cs2)c1. The third-order valence-corrected chi connectivity index (χ3v) is 3.93. The predicted molar refractivity (Wildman–Crippen MR) is 84.5 cm³/mol. The molecule has 3 aromatic rings. The molecule has 0 aliphatic carbocycles. The number of aryl methyl sites for hydroxylation is 1. The lowest BCUT2D eigenvalue weighted by Crippen LogP contribution is -2.10. The molecule has 7 nitrogen and oxygen atoms in total. The summed E-state index contributed by atoms with van der Waals surface area (Å²) >= 11 is 1.31. The maximum atomic E-state index is 12.1. The summed E-state index contributed by atoms with van der Waals surface area (Å²) in [6.45, 7) is 0. The average Bonchev–Trinajstić information content (AvgIpc) is 3.26. The Hall–Kier alpha value is -2.87. The molecule has 0 aromatic carbocycles. The number of hydrogen-bond donors (Lipinski definition) is 1. The fourth-order valence-electron chi connectivity index (χ4n) is 2.01. The minimum Gasteiger partial charge on any atom is -0.465 e. The number of esters is 1. The molecule has 0 aliphatic heterocycles. The van der Waals surface area contributed by atoms with Crippen molar-refractivity contribution in [2.75, 3.05) is 12.4 Å². The van der Waals surface area contributed by atoms with E-state index < -0.39 is 11.9 Å². The number of nitrogens with zero attached hydrogens (tertiary/aromatic N) is 2. The minimum atomic E-state index is -0.562. The Bertz CT molecular complexity index is 862. The quantitative estimate of drug-likeness (QED) is 0.743. The number of nitrogens with one attached hydrogen (secondary N) is 1. The number of thiazole rings is 1. The molecule has 0 atom stereocenters. The van der Waals surface area contributed by atoms with Gasteiger partial charge in [0.2, 0.25) is 0 Å². The van der Waals surface area contributed by atoms with Crippen LogP contribution in [-0.4, -0.2) is 28.5 Å². The summed E-state index contributed by atoms with van der Waals surface area (Å²) in [5.74, 6) is -1.03. The molecule has 0 fully saturated rings. The van der Waals surface area contributed by atoms with Gasteiger partial charge in [-0.2, -0.15) is 0 Å². The molecule has 0 aliphatic rings. The van der Waals surface area contributed by atoms with E-state index in [-0.39, 0.29) is 11.3 Å². The van der Waals surface area contributed by atoms with Crippen molar-refractivity contribution in [3.63, 3.8) is 0 Å². The first-order chi connectivity index (χ1) is 11.1. The molecule has 0 saturated carbocycles. The highest BCUT2D eigenvalue weighted by molar-refractivity contribution is 7.14. The lowest BCUT2D eigenvalue weighted by molar-refractivity contribution is 0.0600. The highest BCUT2D eigenvalue weighted by Gasteiger charge is 2.17. The van der Waals surface area contributed by atoms with Gasteiger partial charge in [0.25, 0.3) is 5.91 Å². The number of amides is 1. The lowest BCUT2D eigenvalue weighted by Gasteiger charge is -1.99. The van der Waals surface area contributed by atoms with E-state index in [1.54, 1.807) is 0 Å². The van der Waals surface area contributed by atoms with Crippen LogP contribution in [0.3, 0.4) is 0 Å². The van der Waals surface area contributed by atoms with Crippen molar-refractivity contribution in [1.82, 2.24) is 9.55 Å². The largest absolute Gasteiger partial charge is 0.465 e. The summed E-state index contributed by atoms with van der Waals surface area (Å²) in [4.78, 5) is 27.8. The van der Waals surface area contributed by atoms with Crippen molar-refractivity contribution in [1.29, 1.82) is 0 Å². The zero-order chi connectivity index (χ0) is 16.4. The van der Waals surface area contributed by atoms with E-state index in [1.807, 2.05) is 35.3 Å². The zero-order valence-electron chi connectivity index (χ0n) is 12.4. The number of carbonyl (C=O) groups is 2. The molecule has 0 saturated heterocycles. The second-order valence-corrected chi connectivity index (χ2v) is 5.55. The average molecular weight is 331 g/mol. The standard InChI is InChI=1S/C15H13N3O4S/c1-18-5-3-4-11(18)10-8-23-15(16-10)17-13(19)12-6-9(7-22-12)14(20)21-2/h3-8H,1-2H3,(H,16,17,19). The third-order valence-electron chi connectivity index (χ3n) is 3.18. The monoisotopic (exact) mass is 331 g/mol. The molecule has 1 N–H and O–H groups in total. The van der Waals surface area contributed by atoms with E-state index in [1.165, 1.54) is 30.8 Å². The first-order valence-corrected chi connectivity index (χ1v) is 7.52. The van der Waals surface area contributed by atoms with Gasteiger partial charge in [0.15, 0.2) is 10.9 Å². The van der Waals surface area contributed by atoms with Crippen molar-refractivity contribution in [3.05, 3.63) is 47.4 Å². The predicted octanol–water partition coefficient (Wildman–Crippen LogP) is 2.78. The van der Waals surface area contributed by atoms with Crippen LogP contribution >= 0.6 is 11.3 Å². The molecule has 23 heavy (non-hydrogen) atoms. The normalized spacial score (nSPS) is 10.5. The molecule has 1 amide bonds. The maximum absolute atomic E-state index is 12.1. The Morgan fingerprint density at radius 3 is 2.96 bits per heavy atom. The van der Waals surface area contributed by atoms with E-state index in [2.05, 4.69) is 15.0 Å². The van der Waals surface area contributed by atoms with Crippen molar-refractivity contribution in [2.45, 2.75) is 0 Å². The number of ether oxygens (including phenoxy) is 1. The van der Waals surface area contributed by atoms with Crippen LogP contribution in [-0.2, 0) is 11.8 Å². The van der Waals surface area contributed by atoms with Gasteiger partial charge < -0.3 is 13.7 Å². The fraction of sp³-hybridized carbons (Fsp3) is 0.133. The fourth-order valence-corrected chi connectivity index (χ4v) is 2.71. The highest BCUT2D eigenvalue weighted by Crippen LogP contribution is 2.25. The van der Waals surface area contributed by atoms with Crippen LogP contribution in [0.5, 0.6) is 0 Å². The molecule has 3 aromatic heterocycles. The van der Waals surface area contributed by atoms with Gasteiger partial charge in [-0.1, -0.05) is 0 Å². The van der Waals surface area contributed by atoms with E-state index in [4.69, 9.17) is 4.42 Å². The number of furan rings is 1. The summed E-state index contributed by atoms with van der Waals surface area (Å²) in [7, 11) is 3.18. The van der Waals surface area contributed by atoms with Gasteiger partial charge in [-0.05, 0) is 12.1 Å². The summed E-state index contributed by atoms with van der Waals surface area (Å²) < 4.78 is 11.6. The summed E-state index contributed by atoms with van der Waals surface area (Å²) in [6, 6.07) is 5.19. The van der Waals surface area contributed by atoms with Crippen molar-refractivity contribution < 1.29 is 18.7 Å². The van der Waals surface area contributed by atoms with Crippen LogP contribution in [0.25, 0.3) is 11.4 Å². The van der Waals surface area contributed by atoms with E-state index in [0.717, 1.165) is 11.4 Å². The van der Waals surface area contributed by atoms with Crippen molar-refractivity contribution in [2.24, 2.45) is 7.05 Å². The first kappa shape index (κ1) is 15.0. The third kappa shape index (κ3) is 3.02. The topological polar surface area (TPSA) is 86.4 Å². The van der Waals surface area contributed by atoms with Gasteiger partial charge in [0, 0.05) is 24.7 Å².